The van der Waals surface area contributed by atoms with Gasteiger partial charge in [0.25, 0.3) is 0 Å². The smallest absolute Gasteiger partial charge is 0.0822 e. The molecule has 0 amide bonds. The highest BCUT2D eigenvalue weighted by Crippen LogP contribution is 2.22. The topological polar surface area (TPSA) is 19.9 Å². The van der Waals surface area contributed by atoms with E-state index in [4.69, 9.17) is 0 Å². The second-order valence-corrected chi connectivity index (χ2v) is 5.11. The first-order chi connectivity index (χ1) is 7.04. The van der Waals surface area contributed by atoms with Crippen LogP contribution in [0.3, 0.4) is 0 Å². The van der Waals surface area contributed by atoms with Crippen molar-refractivity contribution in [3.05, 3.63) is 35.4 Å². The van der Waals surface area contributed by atoms with Gasteiger partial charge in [0.15, 0.2) is 0 Å². The van der Waals surface area contributed by atoms with Gasteiger partial charge in [0, 0.05) is 0 Å². The number of aryl methyl sites for hydroxylation is 1. The molecule has 0 saturated carbocycles. The lowest BCUT2D eigenvalue weighted by atomic mass is 9.86. The van der Waals surface area contributed by atoms with Crippen molar-refractivity contribution in [3.63, 3.8) is 0 Å². The summed E-state index contributed by atoms with van der Waals surface area (Å²) in [6, 6.07) is 8.77. The highest BCUT2D eigenvalue weighted by Gasteiger charge is 2.12. The van der Waals surface area contributed by atoms with Crippen molar-refractivity contribution in [3.8, 4) is 0 Å². The van der Waals surface area contributed by atoms with Gasteiger partial charge in [0.1, 0.15) is 0 Å². The minimum Gasteiger partial charge on any atom is -0.237 e. The zero-order chi connectivity index (χ0) is 11.3. The van der Waals surface area contributed by atoms with E-state index in [9.17, 15) is 5.11 Å². The quantitative estimate of drug-likeness (QED) is 0.667. The Kier molecular flexibility index (Phi) is 4.34. The fourth-order valence-electron chi connectivity index (χ4n) is 1.60. The third-order valence-electron chi connectivity index (χ3n) is 2.68. The van der Waals surface area contributed by atoms with E-state index in [0.717, 1.165) is 19.3 Å². The van der Waals surface area contributed by atoms with E-state index in [1.165, 1.54) is 11.1 Å². The average Bonchev–Trinajstić information content (AvgIpc) is 2.18. The van der Waals surface area contributed by atoms with Crippen molar-refractivity contribution in [2.75, 3.05) is 6.61 Å². The Morgan fingerprint density at radius 1 is 1.00 bits per heavy atom. The Morgan fingerprint density at radius 3 is 2.07 bits per heavy atom. The molecular formula is C14H21O. The van der Waals surface area contributed by atoms with Crippen molar-refractivity contribution in [1.29, 1.82) is 0 Å². The monoisotopic (exact) mass is 205 g/mol. The van der Waals surface area contributed by atoms with E-state index in [2.05, 4.69) is 45.0 Å². The minimum absolute atomic E-state index is 0.0556. The molecule has 15 heavy (non-hydrogen) atoms. The van der Waals surface area contributed by atoms with Crippen LogP contribution in [0, 0.1) is 0 Å². The third kappa shape index (κ3) is 4.05. The molecule has 1 aromatic carbocycles. The van der Waals surface area contributed by atoms with Crippen LogP contribution < -0.4 is 0 Å². The van der Waals surface area contributed by atoms with E-state index in [0.29, 0.717) is 0 Å². The number of hydrogen-bond donors (Lipinski definition) is 0. The molecule has 1 nitrogen and oxygen atoms in total. The fraction of sp³-hybridized carbons (Fsp3) is 0.571. The van der Waals surface area contributed by atoms with E-state index in [-0.39, 0.29) is 12.0 Å². The van der Waals surface area contributed by atoms with Gasteiger partial charge in [-0.15, -0.1) is 0 Å². The lowest BCUT2D eigenvalue weighted by Crippen LogP contribution is -2.10. The zero-order valence-corrected chi connectivity index (χ0v) is 10.0. The molecule has 0 saturated heterocycles. The molecule has 83 valence electrons. The Bertz CT molecular complexity index is 279. The summed E-state index contributed by atoms with van der Waals surface area (Å²) in [6.45, 7) is 6.72. The van der Waals surface area contributed by atoms with Gasteiger partial charge in [-0.05, 0) is 35.8 Å². The summed E-state index contributed by atoms with van der Waals surface area (Å²) < 4.78 is 0. The van der Waals surface area contributed by atoms with Crippen molar-refractivity contribution in [2.45, 2.75) is 45.4 Å². The van der Waals surface area contributed by atoms with Gasteiger partial charge in [-0.3, -0.25) is 0 Å². The lowest BCUT2D eigenvalue weighted by Gasteiger charge is -2.19. The summed E-state index contributed by atoms with van der Waals surface area (Å²) in [7, 11) is 0. The number of rotatable bonds is 4. The van der Waals surface area contributed by atoms with E-state index < -0.39 is 0 Å². The molecule has 0 N–H and O–H groups in total. The van der Waals surface area contributed by atoms with Gasteiger partial charge < -0.3 is 0 Å². The fourth-order valence-corrected chi connectivity index (χ4v) is 1.60. The SMILES string of the molecule is CC(C)(C)c1ccc(CCCC[O])cc1. The van der Waals surface area contributed by atoms with E-state index in [1.54, 1.807) is 0 Å². The molecule has 0 fully saturated rings. The van der Waals surface area contributed by atoms with Crippen LogP contribution in [0.5, 0.6) is 0 Å². The van der Waals surface area contributed by atoms with Crippen LogP contribution >= 0.6 is 0 Å². The molecule has 1 radical (unpaired) electrons. The zero-order valence-electron chi connectivity index (χ0n) is 10.0. The molecule has 1 rings (SSSR count). The van der Waals surface area contributed by atoms with Crippen LogP contribution in [-0.4, -0.2) is 6.61 Å². The number of hydrogen-bond acceptors (Lipinski definition) is 0. The van der Waals surface area contributed by atoms with Crippen LogP contribution in [0.1, 0.15) is 44.7 Å². The second-order valence-electron chi connectivity index (χ2n) is 5.11. The first-order valence-electron chi connectivity index (χ1n) is 5.71. The van der Waals surface area contributed by atoms with Gasteiger partial charge in [0.05, 0.1) is 6.61 Å². The molecular weight excluding hydrogens is 184 g/mol. The Hall–Kier alpha value is -0.820. The van der Waals surface area contributed by atoms with Crippen LogP contribution in [0.15, 0.2) is 24.3 Å². The molecule has 0 aliphatic carbocycles. The van der Waals surface area contributed by atoms with E-state index in [1.807, 2.05) is 0 Å². The molecule has 1 heteroatoms. The van der Waals surface area contributed by atoms with E-state index >= 15 is 0 Å². The molecule has 0 aliphatic rings. The average molecular weight is 205 g/mol. The summed E-state index contributed by atoms with van der Waals surface area (Å²) in [5, 5.41) is 10.3. The highest BCUT2D eigenvalue weighted by atomic mass is 16.2. The van der Waals surface area contributed by atoms with Crippen LogP contribution in [0.2, 0.25) is 0 Å². The molecule has 0 aliphatic heterocycles. The second kappa shape index (κ2) is 5.32. The highest BCUT2D eigenvalue weighted by molar-refractivity contribution is 5.27. The third-order valence-corrected chi connectivity index (χ3v) is 2.68. The molecule has 0 atom stereocenters. The first-order valence-corrected chi connectivity index (χ1v) is 5.71. The Labute approximate surface area is 93.1 Å². The van der Waals surface area contributed by atoms with Gasteiger partial charge >= 0.3 is 0 Å². The van der Waals surface area contributed by atoms with Gasteiger partial charge in [-0.2, -0.15) is 0 Å². The summed E-state index contributed by atoms with van der Waals surface area (Å²) in [6.07, 6.45) is 2.84. The van der Waals surface area contributed by atoms with Gasteiger partial charge in [0.2, 0.25) is 0 Å². The van der Waals surface area contributed by atoms with Crippen LogP contribution in [-0.2, 0) is 16.9 Å². The maximum Gasteiger partial charge on any atom is 0.0822 e. The minimum atomic E-state index is 0.0556. The number of benzene rings is 1. The molecule has 1 aromatic rings. The predicted molar refractivity (Wildman–Crippen MR) is 63.6 cm³/mol. The number of unbranched alkanes of at least 4 members (excludes halogenated alkanes) is 1. The van der Waals surface area contributed by atoms with Crippen molar-refractivity contribution < 1.29 is 5.11 Å². The summed E-state index contributed by atoms with van der Waals surface area (Å²) in [5.74, 6) is 0. The standard InChI is InChI=1S/C14H21O/c1-14(2,3)13-9-7-12(8-10-13)6-4-5-11-15/h7-10H,4-6,11H2,1-3H3. The maximum atomic E-state index is 10.3. The Balaban J connectivity index is 2.57. The van der Waals surface area contributed by atoms with Crippen molar-refractivity contribution in [2.24, 2.45) is 0 Å². The van der Waals surface area contributed by atoms with Crippen molar-refractivity contribution in [1.82, 2.24) is 0 Å². The Morgan fingerprint density at radius 2 is 1.60 bits per heavy atom. The molecule has 0 unspecified atom stereocenters. The molecule has 0 aromatic heterocycles. The molecule has 0 bridgehead atoms. The maximum absolute atomic E-state index is 10.3. The largest absolute Gasteiger partial charge is 0.237 e. The van der Waals surface area contributed by atoms with Gasteiger partial charge in [-0.1, -0.05) is 45.0 Å². The van der Waals surface area contributed by atoms with Crippen LogP contribution in [0.25, 0.3) is 0 Å². The summed E-state index contributed by atoms with van der Waals surface area (Å²) >= 11 is 0. The van der Waals surface area contributed by atoms with Crippen LogP contribution in [0.4, 0.5) is 0 Å². The van der Waals surface area contributed by atoms with Crippen molar-refractivity contribution >= 4 is 0 Å². The molecule has 0 spiro atoms. The van der Waals surface area contributed by atoms with Gasteiger partial charge in [-0.25, -0.2) is 5.11 Å². The molecule has 0 heterocycles. The summed E-state index contributed by atoms with van der Waals surface area (Å²) in [4.78, 5) is 0. The summed E-state index contributed by atoms with van der Waals surface area (Å²) in [5.41, 5.74) is 2.94. The normalized spacial score (nSPS) is 11.7. The predicted octanol–water partition coefficient (Wildman–Crippen LogP) is 3.74. The lowest BCUT2D eigenvalue weighted by molar-refractivity contribution is 0.187. The first kappa shape index (κ1) is 12.3.